The largest absolute Gasteiger partial charge is 0.505 e. The second-order valence-corrected chi connectivity index (χ2v) is 13.0. The standard InChI is InChI=1S/C21H22N5O.C10H8.C6H6.4C3H8.C2H6N2.C2H6.Y/c1-5-23-16-7-6-15-10-14(3)20(21(27)18(15)12-16)26-24-17-8-9-19(25-22-4)13(2)11-17;1-2-6-10-8-4-3-7-9(10)5-1;1-2-4-6-5-3-1;4*1-3-2;1-3-4-2;1-2;/h6-7,9-12,23,27H,5H2,1-4H3;1-8H;1-6H;4*3H2,1-2H3;1-2H3;1-2H3;/q-1;;;;;;;;;. The number of aromatic hydroxyl groups is 1. The second kappa shape index (κ2) is 45.9. The molecule has 1 radical (unpaired) electrons. The van der Waals surface area contributed by atoms with Crippen molar-refractivity contribution in [2.45, 2.75) is 116 Å². The van der Waals surface area contributed by atoms with Gasteiger partial charge in [-0.2, -0.15) is 21.4 Å². The van der Waals surface area contributed by atoms with Crippen molar-refractivity contribution in [1.82, 2.24) is 0 Å². The summed E-state index contributed by atoms with van der Waals surface area (Å²) in [5.41, 5.74) is 4.52. The van der Waals surface area contributed by atoms with Gasteiger partial charge >= 0.3 is 0 Å². The van der Waals surface area contributed by atoms with Crippen molar-refractivity contribution >= 4 is 44.3 Å². The van der Waals surface area contributed by atoms with E-state index in [0.717, 1.165) is 39.8 Å². The van der Waals surface area contributed by atoms with Crippen LogP contribution >= 0.6 is 0 Å². The molecule has 0 saturated heterocycles. The van der Waals surface area contributed by atoms with Gasteiger partial charge in [0.05, 0.1) is 0 Å². The van der Waals surface area contributed by atoms with E-state index in [2.05, 4.69) is 146 Å². The molecule has 6 aromatic rings. The van der Waals surface area contributed by atoms with Crippen molar-refractivity contribution in [3.63, 3.8) is 0 Å². The van der Waals surface area contributed by atoms with E-state index in [9.17, 15) is 5.11 Å². The monoisotopic (exact) mass is 920 g/mol. The van der Waals surface area contributed by atoms with Crippen molar-refractivity contribution in [2.75, 3.05) is 33.0 Å². The maximum atomic E-state index is 10.8. The minimum atomic E-state index is 0. The number of hydrogen-bond acceptors (Lipinski definition) is 8. The zero-order valence-corrected chi connectivity index (χ0v) is 44.1. The first-order valence-corrected chi connectivity index (χ1v) is 21.9. The van der Waals surface area contributed by atoms with E-state index in [1.54, 1.807) is 27.2 Å². The summed E-state index contributed by atoms with van der Waals surface area (Å²) in [6.45, 7) is 27.7. The predicted octanol–water partition coefficient (Wildman–Crippen LogP) is 18.4. The molecule has 62 heavy (non-hydrogen) atoms. The topological polar surface area (TPSA) is 106 Å². The summed E-state index contributed by atoms with van der Waals surface area (Å²) in [6.07, 6.45) is 5.00. The van der Waals surface area contributed by atoms with E-state index >= 15 is 0 Å². The Morgan fingerprint density at radius 1 is 0.516 bits per heavy atom. The zero-order valence-electron chi connectivity index (χ0n) is 41.3. The summed E-state index contributed by atoms with van der Waals surface area (Å²) >= 11 is 0. The summed E-state index contributed by atoms with van der Waals surface area (Å²) in [5.74, 6) is 0.127. The Balaban J connectivity index is -0.000000392. The first-order valence-electron chi connectivity index (χ1n) is 21.9. The molecule has 0 aromatic heterocycles. The average molecular weight is 920 g/mol. The molecule has 0 fully saturated rings. The van der Waals surface area contributed by atoms with Gasteiger partial charge in [-0.05, 0) is 65.1 Å². The van der Waals surface area contributed by atoms with Crippen molar-refractivity contribution < 1.29 is 37.8 Å². The molecule has 6 aromatic carbocycles. The van der Waals surface area contributed by atoms with Gasteiger partial charge in [0.2, 0.25) is 0 Å². The SMILES string of the molecule is CC.CCC.CCC.CCC.CCC.CCNc1ccc2cc(C)c(N=Nc3[c-]cc(N=NC)c(C)c3)c(O)c2c1.CN=NC.[Y].c1ccc2ccccc2c1.c1ccccc1. The minimum absolute atomic E-state index is 0. The fourth-order valence-corrected chi connectivity index (χ4v) is 4.42. The van der Waals surface area contributed by atoms with E-state index in [-0.39, 0.29) is 38.5 Å². The second-order valence-electron chi connectivity index (χ2n) is 13.0. The summed E-state index contributed by atoms with van der Waals surface area (Å²) in [4.78, 5) is 0. The molecule has 9 heteroatoms. The Labute approximate surface area is 403 Å². The summed E-state index contributed by atoms with van der Waals surface area (Å²) < 4.78 is 0. The number of fused-ring (bicyclic) bond motifs is 2. The Bertz CT molecular complexity index is 1890. The Kier molecular flexibility index (Phi) is 47.3. The molecule has 6 rings (SSSR count). The fourth-order valence-electron chi connectivity index (χ4n) is 4.42. The van der Waals surface area contributed by atoms with Gasteiger partial charge < -0.3 is 10.4 Å². The van der Waals surface area contributed by atoms with E-state index in [1.807, 2.05) is 101 Å². The number of benzene rings is 6. The Morgan fingerprint density at radius 2 is 0.952 bits per heavy atom. The number of anilines is 1. The minimum Gasteiger partial charge on any atom is -0.505 e. The van der Waals surface area contributed by atoms with Crippen LogP contribution in [0, 0.1) is 19.9 Å². The number of phenols is 1. The molecular formula is C53H80N7OY-. The van der Waals surface area contributed by atoms with Gasteiger partial charge in [0.25, 0.3) is 0 Å². The maximum Gasteiger partial charge on any atom is 0.151 e. The average Bonchev–Trinajstić information content (AvgIpc) is 3.28. The third kappa shape index (κ3) is 30.4. The molecule has 0 heterocycles. The first kappa shape index (κ1) is 64.0. The molecule has 337 valence electrons. The van der Waals surface area contributed by atoms with Crippen molar-refractivity contribution in [1.29, 1.82) is 0 Å². The Hall–Kier alpha value is -4.66. The van der Waals surface area contributed by atoms with Gasteiger partial charge in [-0.25, -0.2) is 10.2 Å². The molecule has 0 unspecified atom stereocenters. The van der Waals surface area contributed by atoms with Crippen LogP contribution in [0.4, 0.5) is 22.7 Å². The number of phenolic OH excluding ortho intramolecular Hbond substituents is 1. The van der Waals surface area contributed by atoms with Crippen LogP contribution in [0.1, 0.15) is 113 Å². The number of hydrogen-bond donors (Lipinski definition) is 2. The van der Waals surface area contributed by atoms with E-state index in [4.69, 9.17) is 0 Å². The van der Waals surface area contributed by atoms with E-state index < -0.39 is 0 Å². The number of nitrogens with one attached hydrogen (secondary N) is 1. The molecule has 0 amide bonds. The van der Waals surface area contributed by atoms with Gasteiger partial charge in [-0.15, -0.1) is 22.8 Å². The summed E-state index contributed by atoms with van der Waals surface area (Å²) in [5, 5.41) is 41.4. The number of rotatable bonds is 5. The molecule has 0 bridgehead atoms. The van der Waals surface area contributed by atoms with Gasteiger partial charge in [-0.1, -0.05) is 193 Å². The summed E-state index contributed by atoms with van der Waals surface area (Å²) in [7, 11) is 4.90. The van der Waals surface area contributed by atoms with Crippen LogP contribution in [0.2, 0.25) is 0 Å². The van der Waals surface area contributed by atoms with Crippen LogP contribution in [0.25, 0.3) is 21.5 Å². The maximum absolute atomic E-state index is 10.8. The van der Waals surface area contributed by atoms with Gasteiger partial charge in [0.1, 0.15) is 5.69 Å². The zero-order chi connectivity index (χ0) is 46.7. The molecule has 0 saturated carbocycles. The van der Waals surface area contributed by atoms with Gasteiger partial charge in [0, 0.05) is 71.5 Å². The van der Waals surface area contributed by atoms with Crippen molar-refractivity contribution in [2.24, 2.45) is 30.7 Å². The molecular weight excluding hydrogens is 840 g/mol. The van der Waals surface area contributed by atoms with Gasteiger partial charge in [-0.3, -0.25) is 0 Å². The van der Waals surface area contributed by atoms with Crippen molar-refractivity contribution in [3.05, 3.63) is 139 Å². The third-order valence-electron chi connectivity index (χ3n) is 6.76. The smallest absolute Gasteiger partial charge is 0.151 e. The van der Waals surface area contributed by atoms with Crippen LogP contribution in [-0.2, 0) is 32.7 Å². The molecule has 2 N–H and O–H groups in total. The molecule has 0 spiro atoms. The van der Waals surface area contributed by atoms with Crippen LogP contribution < -0.4 is 5.32 Å². The van der Waals surface area contributed by atoms with E-state index in [0.29, 0.717) is 11.4 Å². The number of aryl methyl sites for hydroxylation is 2. The fraction of sp³-hybridized carbons (Fsp3) is 0.396. The predicted molar refractivity (Wildman–Crippen MR) is 271 cm³/mol. The van der Waals surface area contributed by atoms with Crippen LogP contribution in [0.15, 0.2) is 152 Å². The van der Waals surface area contributed by atoms with Crippen molar-refractivity contribution in [3.8, 4) is 5.75 Å². The first-order chi connectivity index (χ1) is 29.6. The van der Waals surface area contributed by atoms with Gasteiger partial charge in [0.15, 0.2) is 5.75 Å². The van der Waals surface area contributed by atoms with E-state index in [1.165, 1.54) is 36.5 Å². The molecule has 0 aliphatic carbocycles. The molecule has 0 aliphatic rings. The van der Waals surface area contributed by atoms with Crippen LogP contribution in [0.3, 0.4) is 0 Å². The quantitative estimate of drug-likeness (QED) is 0.133. The molecule has 0 atom stereocenters. The number of azo groups is 3. The van der Waals surface area contributed by atoms with Crippen LogP contribution in [0.5, 0.6) is 5.75 Å². The van der Waals surface area contributed by atoms with Crippen LogP contribution in [-0.4, -0.2) is 32.8 Å². The Morgan fingerprint density at radius 3 is 1.32 bits per heavy atom. The third-order valence-corrected chi connectivity index (χ3v) is 6.76. The number of nitrogens with zero attached hydrogens (tertiary/aromatic N) is 6. The summed E-state index contributed by atoms with van der Waals surface area (Å²) in [6, 6.07) is 43.2. The molecule has 0 aliphatic heterocycles. The molecule has 8 nitrogen and oxygen atoms in total. The normalized spacial score (nSPS) is 9.35.